The molecule has 0 radical (unpaired) electrons. The highest BCUT2D eigenvalue weighted by molar-refractivity contribution is 7.99. The van der Waals surface area contributed by atoms with Gasteiger partial charge in [-0.15, -0.1) is 10.2 Å². The van der Waals surface area contributed by atoms with Crippen LogP contribution in [-0.4, -0.2) is 32.6 Å². The van der Waals surface area contributed by atoms with Gasteiger partial charge < -0.3 is 4.74 Å². The van der Waals surface area contributed by atoms with Crippen LogP contribution in [-0.2, 0) is 11.4 Å². The molecular formula is C31H33N5O2S. The number of hydrazone groups is 1. The molecule has 39 heavy (non-hydrogen) atoms. The van der Waals surface area contributed by atoms with Crippen molar-refractivity contribution in [2.45, 2.75) is 56.8 Å². The zero-order chi connectivity index (χ0) is 26.9. The van der Waals surface area contributed by atoms with Gasteiger partial charge in [0.1, 0.15) is 12.4 Å². The van der Waals surface area contributed by atoms with Crippen molar-refractivity contribution >= 4 is 23.9 Å². The topological polar surface area (TPSA) is 81.4 Å². The molecular weight excluding hydrogens is 506 g/mol. The van der Waals surface area contributed by atoms with Crippen molar-refractivity contribution in [3.05, 3.63) is 95.6 Å². The number of benzene rings is 3. The molecule has 1 aliphatic carbocycles. The fourth-order valence-corrected chi connectivity index (χ4v) is 5.47. The molecule has 0 spiro atoms. The predicted molar refractivity (Wildman–Crippen MR) is 156 cm³/mol. The van der Waals surface area contributed by atoms with Gasteiger partial charge in [0.2, 0.25) is 0 Å². The van der Waals surface area contributed by atoms with E-state index in [1.807, 2.05) is 54.6 Å². The summed E-state index contributed by atoms with van der Waals surface area (Å²) < 4.78 is 8.06. The van der Waals surface area contributed by atoms with Gasteiger partial charge >= 0.3 is 0 Å². The number of hydrogen-bond acceptors (Lipinski definition) is 6. The Labute approximate surface area is 233 Å². The normalized spacial score (nSPS) is 14.0. The maximum absolute atomic E-state index is 12.6. The molecule has 1 N–H and O–H groups in total. The van der Waals surface area contributed by atoms with Gasteiger partial charge in [0.25, 0.3) is 5.91 Å². The minimum Gasteiger partial charge on any atom is -0.489 e. The van der Waals surface area contributed by atoms with E-state index in [0.717, 1.165) is 46.3 Å². The maximum Gasteiger partial charge on any atom is 0.250 e. The third kappa shape index (κ3) is 7.35. The van der Waals surface area contributed by atoms with E-state index in [4.69, 9.17) is 4.74 Å². The number of carbonyl (C=O) groups excluding carboxylic acids is 1. The van der Waals surface area contributed by atoms with E-state index in [0.29, 0.717) is 12.6 Å². The molecule has 0 atom stereocenters. The lowest BCUT2D eigenvalue weighted by atomic mass is 9.95. The fraction of sp³-hybridized carbons (Fsp3) is 0.290. The van der Waals surface area contributed by atoms with Crippen LogP contribution in [0.3, 0.4) is 0 Å². The van der Waals surface area contributed by atoms with Gasteiger partial charge in [-0.25, -0.2) is 5.43 Å². The molecule has 8 heteroatoms. The number of amides is 1. The predicted octanol–water partition coefficient (Wildman–Crippen LogP) is 6.58. The van der Waals surface area contributed by atoms with E-state index in [9.17, 15) is 4.79 Å². The van der Waals surface area contributed by atoms with Crippen LogP contribution in [0.25, 0.3) is 11.4 Å². The maximum atomic E-state index is 12.6. The molecule has 1 aromatic heterocycles. The van der Waals surface area contributed by atoms with Gasteiger partial charge in [0.05, 0.1) is 12.0 Å². The Morgan fingerprint density at radius 3 is 2.49 bits per heavy atom. The summed E-state index contributed by atoms with van der Waals surface area (Å²) >= 11 is 1.41. The summed E-state index contributed by atoms with van der Waals surface area (Å²) in [4.78, 5) is 12.6. The van der Waals surface area contributed by atoms with Crippen molar-refractivity contribution < 1.29 is 9.53 Å². The van der Waals surface area contributed by atoms with Crippen molar-refractivity contribution in [3.8, 4) is 17.1 Å². The zero-order valence-electron chi connectivity index (χ0n) is 22.1. The van der Waals surface area contributed by atoms with E-state index in [1.54, 1.807) is 6.21 Å². The first kappa shape index (κ1) is 26.7. The first-order valence-electron chi connectivity index (χ1n) is 13.4. The molecule has 200 valence electrons. The summed E-state index contributed by atoms with van der Waals surface area (Å²) in [6.07, 6.45) is 7.52. The second kappa shape index (κ2) is 13.2. The summed E-state index contributed by atoms with van der Waals surface area (Å²) in [6, 6.07) is 26.4. The quantitative estimate of drug-likeness (QED) is 0.140. The van der Waals surface area contributed by atoms with Crippen LogP contribution in [0, 0.1) is 6.92 Å². The van der Waals surface area contributed by atoms with E-state index in [1.165, 1.54) is 36.6 Å². The Balaban J connectivity index is 1.16. The second-order valence-corrected chi connectivity index (χ2v) is 10.7. The van der Waals surface area contributed by atoms with E-state index >= 15 is 0 Å². The van der Waals surface area contributed by atoms with Gasteiger partial charge in [-0.2, -0.15) is 5.10 Å². The fourth-order valence-electron chi connectivity index (χ4n) is 4.68. The number of ether oxygens (including phenoxy) is 1. The van der Waals surface area contributed by atoms with E-state index in [-0.39, 0.29) is 11.7 Å². The standard InChI is InChI=1S/C31H33N5O2S/c1-23-12-16-26(17-13-23)30-34-35-31(36(30)27-10-6-3-7-11-27)39-22-29(37)33-32-20-24-14-18-28(19-15-24)38-21-25-8-4-2-5-9-25/h2,4-5,8-9,12-20,27H,3,6-7,10-11,21-22H2,1H3,(H,33,37). The first-order chi connectivity index (χ1) is 19.2. The molecule has 7 nitrogen and oxygen atoms in total. The van der Waals surface area contributed by atoms with Crippen LogP contribution in [0.2, 0.25) is 0 Å². The zero-order valence-corrected chi connectivity index (χ0v) is 22.9. The van der Waals surface area contributed by atoms with Crippen LogP contribution < -0.4 is 10.2 Å². The number of aryl methyl sites for hydroxylation is 1. The molecule has 1 fully saturated rings. The molecule has 4 aromatic rings. The minimum atomic E-state index is -0.186. The highest BCUT2D eigenvalue weighted by Crippen LogP contribution is 2.35. The SMILES string of the molecule is Cc1ccc(-c2nnc(SCC(=O)NN=Cc3ccc(OCc4ccccc4)cc3)n2C2CCCCC2)cc1. The van der Waals surface area contributed by atoms with Crippen molar-refractivity contribution in [1.29, 1.82) is 0 Å². The summed E-state index contributed by atoms with van der Waals surface area (Å²) in [7, 11) is 0. The van der Waals surface area contributed by atoms with E-state index < -0.39 is 0 Å². The Hall–Kier alpha value is -3.91. The molecule has 1 saturated carbocycles. The second-order valence-electron chi connectivity index (χ2n) is 9.76. The first-order valence-corrected chi connectivity index (χ1v) is 14.4. The van der Waals surface area contributed by atoms with Crippen molar-refractivity contribution in [2.75, 3.05) is 5.75 Å². The van der Waals surface area contributed by atoms with Crippen LogP contribution in [0.15, 0.2) is 89.1 Å². The van der Waals surface area contributed by atoms with Crippen molar-refractivity contribution in [2.24, 2.45) is 5.10 Å². The Morgan fingerprint density at radius 1 is 1.00 bits per heavy atom. The molecule has 0 saturated heterocycles. The van der Waals surface area contributed by atoms with Gasteiger partial charge in [-0.05, 0) is 55.2 Å². The third-order valence-corrected chi connectivity index (χ3v) is 7.72. The number of carbonyl (C=O) groups is 1. The molecule has 0 aliphatic heterocycles. The lowest BCUT2D eigenvalue weighted by Crippen LogP contribution is -2.20. The van der Waals surface area contributed by atoms with Crippen molar-refractivity contribution in [1.82, 2.24) is 20.2 Å². The highest BCUT2D eigenvalue weighted by Gasteiger charge is 2.24. The van der Waals surface area contributed by atoms with Gasteiger partial charge in [-0.1, -0.05) is 91.2 Å². The largest absolute Gasteiger partial charge is 0.489 e. The Bertz CT molecular complexity index is 1380. The summed E-state index contributed by atoms with van der Waals surface area (Å²) in [5, 5.41) is 13.9. The molecule has 1 amide bonds. The summed E-state index contributed by atoms with van der Waals surface area (Å²) in [5.41, 5.74) is 6.88. The van der Waals surface area contributed by atoms with Gasteiger partial charge in [0, 0.05) is 11.6 Å². The van der Waals surface area contributed by atoms with Crippen LogP contribution in [0.5, 0.6) is 5.75 Å². The van der Waals surface area contributed by atoms with Crippen LogP contribution in [0.4, 0.5) is 0 Å². The van der Waals surface area contributed by atoms with Crippen LogP contribution in [0.1, 0.15) is 54.8 Å². The molecule has 1 aliphatic rings. The summed E-state index contributed by atoms with van der Waals surface area (Å²) in [6.45, 7) is 2.59. The lowest BCUT2D eigenvalue weighted by molar-refractivity contribution is -0.118. The number of nitrogens with zero attached hydrogens (tertiary/aromatic N) is 4. The number of hydrogen-bond donors (Lipinski definition) is 1. The van der Waals surface area contributed by atoms with Crippen molar-refractivity contribution in [3.63, 3.8) is 0 Å². The third-order valence-electron chi connectivity index (χ3n) is 6.78. The highest BCUT2D eigenvalue weighted by atomic mass is 32.2. The van der Waals surface area contributed by atoms with Crippen LogP contribution >= 0.6 is 11.8 Å². The number of thioether (sulfide) groups is 1. The Kier molecular flexibility index (Phi) is 9.06. The number of aromatic nitrogens is 3. The monoisotopic (exact) mass is 539 g/mol. The minimum absolute atomic E-state index is 0.186. The lowest BCUT2D eigenvalue weighted by Gasteiger charge is -2.25. The summed E-state index contributed by atoms with van der Waals surface area (Å²) in [5.74, 6) is 1.68. The number of rotatable bonds is 10. The molecule has 1 heterocycles. The molecule has 0 unspecified atom stereocenters. The molecule has 5 rings (SSSR count). The molecule has 0 bridgehead atoms. The van der Waals surface area contributed by atoms with Gasteiger partial charge in [-0.3, -0.25) is 9.36 Å². The Morgan fingerprint density at radius 2 is 1.74 bits per heavy atom. The smallest absolute Gasteiger partial charge is 0.250 e. The number of nitrogens with one attached hydrogen (secondary N) is 1. The van der Waals surface area contributed by atoms with Gasteiger partial charge in [0.15, 0.2) is 11.0 Å². The van der Waals surface area contributed by atoms with E-state index in [2.05, 4.69) is 56.5 Å². The average Bonchev–Trinajstić information content (AvgIpc) is 3.41. The molecule has 3 aromatic carbocycles. The average molecular weight is 540 g/mol.